The van der Waals surface area contributed by atoms with Crippen LogP contribution >= 0.6 is 11.3 Å². The van der Waals surface area contributed by atoms with E-state index in [4.69, 9.17) is 9.47 Å². The summed E-state index contributed by atoms with van der Waals surface area (Å²) in [7, 11) is -2.15. The lowest BCUT2D eigenvalue weighted by Gasteiger charge is -2.25. The van der Waals surface area contributed by atoms with E-state index in [2.05, 4.69) is 10.3 Å². The molecule has 0 spiro atoms. The van der Waals surface area contributed by atoms with E-state index in [-0.39, 0.29) is 18.0 Å². The van der Waals surface area contributed by atoms with Crippen molar-refractivity contribution in [3.63, 3.8) is 0 Å². The minimum atomic E-state index is -3.64. The maximum Gasteiger partial charge on any atom is 0.413 e. The molecule has 1 aliphatic heterocycles. The van der Waals surface area contributed by atoms with Crippen molar-refractivity contribution in [3.05, 3.63) is 34.8 Å². The van der Waals surface area contributed by atoms with Crippen LogP contribution < -0.4 is 10.1 Å². The number of fused-ring (bicyclic) bond motifs is 1. The van der Waals surface area contributed by atoms with Crippen molar-refractivity contribution in [2.24, 2.45) is 0 Å². The van der Waals surface area contributed by atoms with Crippen LogP contribution in [0, 0.1) is 0 Å². The van der Waals surface area contributed by atoms with E-state index in [0.29, 0.717) is 23.8 Å². The molecule has 0 saturated heterocycles. The van der Waals surface area contributed by atoms with Crippen LogP contribution in [0.15, 0.2) is 29.2 Å². The zero-order valence-corrected chi connectivity index (χ0v) is 16.0. The molecule has 0 fully saturated rings. The lowest BCUT2D eigenvalue weighted by Crippen LogP contribution is -2.35. The summed E-state index contributed by atoms with van der Waals surface area (Å²) in [6.45, 7) is 2.53. The summed E-state index contributed by atoms with van der Waals surface area (Å²) >= 11 is 1.26. The fourth-order valence-electron chi connectivity index (χ4n) is 2.60. The van der Waals surface area contributed by atoms with Gasteiger partial charge in [-0.3, -0.25) is 5.32 Å². The molecule has 1 amide bonds. The number of carbonyl (C=O) groups excluding carboxylic acids is 1. The van der Waals surface area contributed by atoms with E-state index in [0.717, 1.165) is 10.6 Å². The predicted molar refractivity (Wildman–Crippen MR) is 97.1 cm³/mol. The van der Waals surface area contributed by atoms with Crippen molar-refractivity contribution in [2.45, 2.75) is 24.8 Å². The van der Waals surface area contributed by atoms with Gasteiger partial charge in [0.25, 0.3) is 0 Å². The average Bonchev–Trinajstić information content (AvgIpc) is 3.03. The van der Waals surface area contributed by atoms with Crippen LogP contribution in [-0.4, -0.2) is 44.1 Å². The standard InChI is InChI=1S/C16H19N3O5S2/c1-3-24-16(20)18-15-17-13-7-8-19(10-14(13)25-15)26(21,22)12-6-4-5-11(9-12)23-2/h4-6,9H,3,7-8,10H2,1-2H3,(H,17,18,20). The highest BCUT2D eigenvalue weighted by Crippen LogP contribution is 2.31. The number of nitrogens with zero attached hydrogens (tertiary/aromatic N) is 2. The molecule has 0 aliphatic carbocycles. The minimum Gasteiger partial charge on any atom is -0.497 e. The number of sulfonamides is 1. The Balaban J connectivity index is 1.79. The number of hydrogen-bond acceptors (Lipinski definition) is 7. The summed E-state index contributed by atoms with van der Waals surface area (Å²) < 4.78 is 37.2. The molecule has 1 aromatic heterocycles. The number of amides is 1. The van der Waals surface area contributed by atoms with Gasteiger partial charge < -0.3 is 9.47 Å². The summed E-state index contributed by atoms with van der Waals surface area (Å²) in [5, 5.41) is 2.97. The SMILES string of the molecule is CCOC(=O)Nc1nc2c(s1)CN(S(=O)(=O)c1cccc(OC)c1)CC2. The fourth-order valence-corrected chi connectivity index (χ4v) is 5.13. The maximum absolute atomic E-state index is 12.9. The van der Waals surface area contributed by atoms with Gasteiger partial charge in [0.05, 0.1) is 30.9 Å². The highest BCUT2D eigenvalue weighted by atomic mass is 32.2. The zero-order valence-electron chi connectivity index (χ0n) is 14.4. The number of aromatic nitrogens is 1. The summed E-state index contributed by atoms with van der Waals surface area (Å²) in [6, 6.07) is 6.40. The average molecular weight is 397 g/mol. The number of ether oxygens (including phenoxy) is 2. The number of rotatable bonds is 5. The van der Waals surface area contributed by atoms with Crippen molar-refractivity contribution < 1.29 is 22.7 Å². The Morgan fingerprint density at radius 1 is 1.42 bits per heavy atom. The van der Waals surface area contributed by atoms with Crippen LogP contribution in [0.5, 0.6) is 5.75 Å². The number of thiazole rings is 1. The van der Waals surface area contributed by atoms with Gasteiger partial charge in [-0.1, -0.05) is 17.4 Å². The molecule has 140 valence electrons. The molecule has 8 nitrogen and oxygen atoms in total. The number of methoxy groups -OCH3 is 1. The van der Waals surface area contributed by atoms with E-state index < -0.39 is 16.1 Å². The number of carbonyl (C=O) groups is 1. The number of nitrogens with one attached hydrogen (secondary N) is 1. The number of benzene rings is 1. The third kappa shape index (κ3) is 3.81. The lowest BCUT2D eigenvalue weighted by molar-refractivity contribution is 0.168. The van der Waals surface area contributed by atoms with Crippen LogP contribution in [0.1, 0.15) is 17.5 Å². The molecule has 26 heavy (non-hydrogen) atoms. The Morgan fingerprint density at radius 2 is 2.23 bits per heavy atom. The smallest absolute Gasteiger partial charge is 0.413 e. The van der Waals surface area contributed by atoms with E-state index in [1.54, 1.807) is 25.1 Å². The molecular weight excluding hydrogens is 378 g/mol. The highest BCUT2D eigenvalue weighted by molar-refractivity contribution is 7.89. The van der Waals surface area contributed by atoms with Gasteiger partial charge in [-0.2, -0.15) is 4.31 Å². The first-order chi connectivity index (χ1) is 12.4. The molecule has 0 unspecified atom stereocenters. The first kappa shape index (κ1) is 18.6. The van der Waals surface area contributed by atoms with Crippen molar-refractivity contribution in [1.29, 1.82) is 0 Å². The summed E-state index contributed by atoms with van der Waals surface area (Å²) in [5.74, 6) is 0.488. The Bertz CT molecular complexity index is 910. The second-order valence-electron chi connectivity index (χ2n) is 5.50. The fraction of sp³-hybridized carbons (Fsp3) is 0.375. The molecule has 1 aliphatic rings. The Hall–Kier alpha value is -2.17. The molecule has 2 aromatic rings. The van der Waals surface area contributed by atoms with Crippen LogP contribution in [-0.2, 0) is 27.7 Å². The summed E-state index contributed by atoms with van der Waals surface area (Å²) in [6.07, 6.45) is -0.0843. The van der Waals surface area contributed by atoms with Crippen LogP contribution in [0.4, 0.5) is 9.93 Å². The van der Waals surface area contributed by atoms with Gasteiger partial charge in [-0.25, -0.2) is 18.2 Å². The summed E-state index contributed by atoms with van der Waals surface area (Å²) in [4.78, 5) is 16.9. The van der Waals surface area contributed by atoms with Crippen LogP contribution in [0.3, 0.4) is 0 Å². The van der Waals surface area contributed by atoms with E-state index in [1.165, 1.54) is 28.8 Å². The Morgan fingerprint density at radius 3 is 2.96 bits per heavy atom. The molecular formula is C16H19N3O5S2. The molecule has 0 saturated carbocycles. The monoisotopic (exact) mass is 397 g/mol. The predicted octanol–water partition coefficient (Wildman–Crippen LogP) is 2.47. The summed E-state index contributed by atoms with van der Waals surface area (Å²) in [5.41, 5.74) is 0.805. The van der Waals surface area contributed by atoms with Gasteiger partial charge in [0.15, 0.2) is 5.13 Å². The minimum absolute atomic E-state index is 0.190. The largest absolute Gasteiger partial charge is 0.497 e. The van der Waals surface area contributed by atoms with Crippen LogP contribution in [0.25, 0.3) is 0 Å². The van der Waals surface area contributed by atoms with Crippen molar-refractivity contribution in [3.8, 4) is 5.75 Å². The van der Waals surface area contributed by atoms with Gasteiger partial charge in [-0.05, 0) is 19.1 Å². The number of hydrogen-bond donors (Lipinski definition) is 1. The Kier molecular flexibility index (Phi) is 5.44. The third-order valence-electron chi connectivity index (χ3n) is 3.86. The van der Waals surface area contributed by atoms with Crippen molar-refractivity contribution in [1.82, 2.24) is 9.29 Å². The second kappa shape index (κ2) is 7.60. The van der Waals surface area contributed by atoms with Crippen LogP contribution in [0.2, 0.25) is 0 Å². The maximum atomic E-state index is 12.9. The van der Waals surface area contributed by atoms with Gasteiger partial charge >= 0.3 is 6.09 Å². The van der Waals surface area contributed by atoms with E-state index in [1.807, 2.05) is 0 Å². The second-order valence-corrected chi connectivity index (χ2v) is 8.52. The molecule has 10 heteroatoms. The van der Waals surface area contributed by atoms with E-state index >= 15 is 0 Å². The zero-order chi connectivity index (χ0) is 18.7. The molecule has 0 radical (unpaired) electrons. The molecule has 2 heterocycles. The van der Waals surface area contributed by atoms with Crippen molar-refractivity contribution in [2.75, 3.05) is 25.6 Å². The Labute approximate surface area is 155 Å². The number of anilines is 1. The topological polar surface area (TPSA) is 97.8 Å². The quantitative estimate of drug-likeness (QED) is 0.832. The first-order valence-electron chi connectivity index (χ1n) is 8.00. The van der Waals surface area contributed by atoms with Gasteiger partial charge in [-0.15, -0.1) is 0 Å². The molecule has 1 aromatic carbocycles. The molecule has 0 atom stereocenters. The van der Waals surface area contributed by atoms with Gasteiger partial charge in [0.2, 0.25) is 10.0 Å². The highest BCUT2D eigenvalue weighted by Gasteiger charge is 2.30. The third-order valence-corrected chi connectivity index (χ3v) is 6.70. The lowest BCUT2D eigenvalue weighted by atomic mass is 10.2. The molecule has 1 N–H and O–H groups in total. The normalized spacial score (nSPS) is 14.5. The van der Waals surface area contributed by atoms with Gasteiger partial charge in [0, 0.05) is 23.9 Å². The van der Waals surface area contributed by atoms with Crippen molar-refractivity contribution >= 4 is 32.6 Å². The molecule has 3 rings (SSSR count). The van der Waals surface area contributed by atoms with Gasteiger partial charge in [0.1, 0.15) is 5.75 Å². The van der Waals surface area contributed by atoms with E-state index in [9.17, 15) is 13.2 Å². The molecule has 0 bridgehead atoms. The first-order valence-corrected chi connectivity index (χ1v) is 10.3.